The van der Waals surface area contributed by atoms with Crippen molar-refractivity contribution in [2.24, 2.45) is 0 Å². The van der Waals surface area contributed by atoms with Gasteiger partial charge in [-0.05, 0) is 12.8 Å². The summed E-state index contributed by atoms with van der Waals surface area (Å²) in [4.78, 5) is 11.7. The molecule has 106 valence electrons. The molecule has 0 heterocycles. The monoisotopic (exact) mass is 290 g/mol. The van der Waals surface area contributed by atoms with Crippen molar-refractivity contribution in [3.8, 4) is 0 Å². The number of unbranched alkanes of at least 4 members (excludes halogenated alkanes) is 1. The average Bonchev–Trinajstić information content (AvgIpc) is 2.39. The van der Waals surface area contributed by atoms with Crippen LogP contribution in [0.3, 0.4) is 0 Å². The van der Waals surface area contributed by atoms with E-state index in [1.807, 2.05) is 0 Å². The van der Waals surface area contributed by atoms with Crippen LogP contribution in [0.1, 0.15) is 36.0 Å². The minimum Gasteiger partial charge on any atom is -0.282 e. The highest BCUT2D eigenvalue weighted by Gasteiger charge is 2.27. The minimum atomic E-state index is -2.81. The summed E-state index contributed by atoms with van der Waals surface area (Å²) in [6.45, 7) is -0.558. The molecule has 0 spiro atoms. The van der Waals surface area contributed by atoms with Crippen LogP contribution in [0, 0.1) is 0 Å². The number of carbonyl (C=O) groups excluding carboxylic acids is 1. The summed E-state index contributed by atoms with van der Waals surface area (Å²) >= 11 is 0.903. The van der Waals surface area contributed by atoms with E-state index in [1.165, 1.54) is 0 Å². The molecule has 0 saturated heterocycles. The van der Waals surface area contributed by atoms with Gasteiger partial charge in [-0.2, -0.15) is 0 Å². The van der Waals surface area contributed by atoms with Crippen LogP contribution < -0.4 is 0 Å². The molecule has 0 unspecified atom stereocenters. The van der Waals surface area contributed by atoms with E-state index in [4.69, 9.17) is 0 Å². The average molecular weight is 290 g/mol. The van der Waals surface area contributed by atoms with E-state index in [2.05, 4.69) is 0 Å². The van der Waals surface area contributed by atoms with Gasteiger partial charge in [-0.15, -0.1) is 0 Å². The highest BCUT2D eigenvalue weighted by atomic mass is 32.2. The van der Waals surface area contributed by atoms with Gasteiger partial charge in [0, 0.05) is 24.2 Å². The zero-order valence-electron chi connectivity index (χ0n) is 10.6. The second-order valence-electron chi connectivity index (χ2n) is 4.25. The van der Waals surface area contributed by atoms with Gasteiger partial charge in [0.25, 0.3) is 0 Å². The van der Waals surface area contributed by atoms with Crippen molar-refractivity contribution in [1.29, 1.82) is 0 Å². The van der Waals surface area contributed by atoms with Gasteiger partial charge < -0.3 is 0 Å². The van der Waals surface area contributed by atoms with Gasteiger partial charge in [-0.1, -0.05) is 42.1 Å². The number of hydrogen-bond acceptors (Lipinski definition) is 2. The molecule has 0 radical (unpaired) electrons. The third-order valence-electron chi connectivity index (χ3n) is 2.64. The molecule has 0 amide bonds. The lowest BCUT2D eigenvalue weighted by Crippen LogP contribution is -2.17. The Labute approximate surface area is 115 Å². The Morgan fingerprint density at radius 2 is 1.79 bits per heavy atom. The van der Waals surface area contributed by atoms with Crippen LogP contribution in [0.15, 0.2) is 30.3 Å². The molecule has 0 atom stereocenters. The number of hydrogen-bond donors (Lipinski definition) is 0. The maximum absolute atomic E-state index is 13.4. The molecule has 19 heavy (non-hydrogen) atoms. The van der Waals surface area contributed by atoms with Gasteiger partial charge in [0.1, 0.15) is 0 Å². The Morgan fingerprint density at radius 1 is 1.11 bits per heavy atom. The van der Waals surface area contributed by atoms with Crippen LogP contribution in [0.4, 0.5) is 13.2 Å². The summed E-state index contributed by atoms with van der Waals surface area (Å²) in [5.74, 6) is -2.73. The zero-order valence-corrected chi connectivity index (χ0v) is 11.4. The molecular formula is C14H17F3OS. The third kappa shape index (κ3) is 6.66. The molecule has 0 fully saturated rings. The molecule has 0 aliphatic rings. The lowest BCUT2D eigenvalue weighted by Gasteiger charge is -2.15. The molecule has 0 saturated carbocycles. The number of thioether (sulfide) groups is 1. The summed E-state index contributed by atoms with van der Waals surface area (Å²) in [6, 6.07) is 8.59. The summed E-state index contributed by atoms with van der Waals surface area (Å²) in [5, 5.41) is -0.194. The zero-order chi connectivity index (χ0) is 14.1. The molecule has 0 aromatic heterocycles. The predicted molar refractivity (Wildman–Crippen MR) is 72.6 cm³/mol. The fourth-order valence-electron chi connectivity index (χ4n) is 1.55. The highest BCUT2D eigenvalue weighted by Crippen LogP contribution is 2.27. The van der Waals surface area contributed by atoms with Gasteiger partial charge >= 0.3 is 0 Å². The topological polar surface area (TPSA) is 17.1 Å². The van der Waals surface area contributed by atoms with Gasteiger partial charge in [0.2, 0.25) is 11.0 Å². The molecule has 0 aliphatic carbocycles. The van der Waals surface area contributed by atoms with E-state index in [0.29, 0.717) is 5.56 Å². The van der Waals surface area contributed by atoms with Crippen molar-refractivity contribution in [2.45, 2.75) is 31.6 Å². The lowest BCUT2D eigenvalue weighted by atomic mass is 10.1. The molecule has 0 bridgehead atoms. The largest absolute Gasteiger partial charge is 0.282 e. The summed E-state index contributed by atoms with van der Waals surface area (Å²) < 4.78 is 38.5. The van der Waals surface area contributed by atoms with E-state index in [-0.39, 0.29) is 36.6 Å². The molecule has 1 rings (SSSR count). The number of benzene rings is 1. The Morgan fingerprint density at radius 3 is 2.42 bits per heavy atom. The Kier molecular flexibility index (Phi) is 6.99. The van der Waals surface area contributed by atoms with Crippen molar-refractivity contribution < 1.29 is 18.0 Å². The number of rotatable bonds is 8. The van der Waals surface area contributed by atoms with E-state index in [9.17, 15) is 18.0 Å². The van der Waals surface area contributed by atoms with Crippen molar-refractivity contribution in [3.63, 3.8) is 0 Å². The molecule has 1 aromatic rings. The minimum absolute atomic E-state index is 0.0797. The summed E-state index contributed by atoms with van der Waals surface area (Å²) in [5.41, 5.74) is 0.522. The van der Waals surface area contributed by atoms with E-state index in [1.54, 1.807) is 30.3 Å². The van der Waals surface area contributed by atoms with Crippen molar-refractivity contribution in [3.05, 3.63) is 35.9 Å². The molecule has 1 nitrogen and oxygen atoms in total. The first-order chi connectivity index (χ1) is 9.05. The Hall–Kier alpha value is -0.970. The maximum atomic E-state index is 13.4. The second-order valence-corrected chi connectivity index (χ2v) is 5.32. The van der Waals surface area contributed by atoms with Gasteiger partial charge in [0.15, 0.2) is 0 Å². The predicted octanol–water partition coefficient (Wildman–Crippen LogP) is 4.73. The lowest BCUT2D eigenvalue weighted by molar-refractivity contribution is -0.0126. The maximum Gasteiger partial charge on any atom is 0.249 e. The fraction of sp³-hybridized carbons (Fsp3) is 0.500. The first kappa shape index (κ1) is 16.1. The quantitative estimate of drug-likeness (QED) is 0.644. The first-order valence-corrected chi connectivity index (χ1v) is 7.20. The van der Waals surface area contributed by atoms with Crippen molar-refractivity contribution in [2.75, 3.05) is 12.4 Å². The van der Waals surface area contributed by atoms with E-state index < -0.39 is 12.6 Å². The number of alkyl halides is 3. The molecule has 1 aromatic carbocycles. The second kappa shape index (κ2) is 8.25. The SMILES string of the molecule is O=C(SCCC(F)(F)CCCCF)c1ccccc1. The number of carbonyl (C=O) groups is 1. The standard InChI is InChI=1S/C14H17F3OS/c15-10-5-4-8-14(16,17)9-11-19-13(18)12-6-2-1-3-7-12/h1-3,6-7H,4-5,8-11H2. The molecule has 0 aliphatic heterocycles. The molecule has 0 N–H and O–H groups in total. The Balaban J connectivity index is 2.27. The normalized spacial score (nSPS) is 11.5. The number of halogens is 3. The van der Waals surface area contributed by atoms with Crippen LogP contribution in [0.25, 0.3) is 0 Å². The Bertz CT molecular complexity index is 382. The molecule has 5 heteroatoms. The van der Waals surface area contributed by atoms with Gasteiger partial charge in [-0.3, -0.25) is 9.18 Å². The van der Waals surface area contributed by atoms with Crippen LogP contribution in [-0.2, 0) is 0 Å². The third-order valence-corrected chi connectivity index (χ3v) is 3.54. The van der Waals surface area contributed by atoms with Crippen LogP contribution in [0.5, 0.6) is 0 Å². The van der Waals surface area contributed by atoms with Crippen LogP contribution in [0.2, 0.25) is 0 Å². The van der Waals surface area contributed by atoms with Crippen LogP contribution >= 0.6 is 11.8 Å². The van der Waals surface area contributed by atoms with Crippen molar-refractivity contribution >= 4 is 16.9 Å². The van der Waals surface area contributed by atoms with Gasteiger partial charge in [-0.25, -0.2) is 8.78 Å². The molecular weight excluding hydrogens is 273 g/mol. The summed E-state index contributed by atoms with van der Waals surface area (Å²) in [7, 11) is 0. The first-order valence-electron chi connectivity index (χ1n) is 6.21. The fourth-order valence-corrected chi connectivity index (χ4v) is 2.44. The van der Waals surface area contributed by atoms with E-state index in [0.717, 1.165) is 11.8 Å². The van der Waals surface area contributed by atoms with Gasteiger partial charge in [0.05, 0.1) is 6.67 Å². The van der Waals surface area contributed by atoms with Crippen molar-refractivity contribution in [1.82, 2.24) is 0 Å². The van der Waals surface area contributed by atoms with E-state index >= 15 is 0 Å². The van der Waals surface area contributed by atoms with Crippen LogP contribution in [-0.4, -0.2) is 23.5 Å². The summed E-state index contributed by atoms with van der Waals surface area (Å²) in [6.07, 6.45) is -0.300. The highest BCUT2D eigenvalue weighted by molar-refractivity contribution is 8.14. The smallest absolute Gasteiger partial charge is 0.249 e.